The van der Waals surface area contributed by atoms with E-state index in [1.165, 1.54) is 4.90 Å². The number of hydrogen-bond acceptors (Lipinski definition) is 5. The van der Waals surface area contributed by atoms with Crippen molar-refractivity contribution in [3.8, 4) is 0 Å². The number of carbonyl (C=O) groups excluding carboxylic acids is 3. The van der Waals surface area contributed by atoms with E-state index >= 15 is 0 Å². The molecule has 2 N–H and O–H groups in total. The molecule has 0 unspecified atom stereocenters. The van der Waals surface area contributed by atoms with E-state index in [4.69, 9.17) is 0 Å². The summed E-state index contributed by atoms with van der Waals surface area (Å²) in [6.07, 6.45) is 4.87. The summed E-state index contributed by atoms with van der Waals surface area (Å²) < 4.78 is 0. The molecular formula is C31H38N4O3S. The van der Waals surface area contributed by atoms with Crippen LogP contribution in [0.5, 0.6) is 0 Å². The van der Waals surface area contributed by atoms with Crippen LogP contribution in [0.1, 0.15) is 30.7 Å². The molecular weight excluding hydrogens is 508 g/mol. The molecule has 0 radical (unpaired) electrons. The van der Waals surface area contributed by atoms with Crippen molar-refractivity contribution in [2.24, 2.45) is 0 Å². The first kappa shape index (κ1) is 28.5. The number of nitrogens with one attached hydrogen (secondary N) is 2. The summed E-state index contributed by atoms with van der Waals surface area (Å²) in [4.78, 5) is 44.7. The van der Waals surface area contributed by atoms with Crippen LogP contribution >= 0.6 is 11.3 Å². The minimum absolute atomic E-state index is 0.147. The van der Waals surface area contributed by atoms with Gasteiger partial charge in [-0.1, -0.05) is 54.6 Å². The van der Waals surface area contributed by atoms with Gasteiger partial charge >= 0.3 is 0 Å². The zero-order valence-corrected chi connectivity index (χ0v) is 24.0. The second kappa shape index (κ2) is 12.6. The molecule has 3 aromatic rings. The van der Waals surface area contributed by atoms with Gasteiger partial charge in [-0.25, -0.2) is 0 Å². The van der Waals surface area contributed by atoms with E-state index in [0.29, 0.717) is 32.4 Å². The SMILES string of the molecule is CNC(C)(C)C/C=C/C(=O)N(C)[C@H](Cc1ccc2ccccc2c1)C(=O)N1CCNC(=O)[C@H]1Cc1cccs1. The van der Waals surface area contributed by atoms with Crippen molar-refractivity contribution in [1.82, 2.24) is 20.4 Å². The maximum Gasteiger partial charge on any atom is 0.246 e. The summed E-state index contributed by atoms with van der Waals surface area (Å²) in [5.74, 6) is -0.604. The highest BCUT2D eigenvalue weighted by atomic mass is 32.1. The lowest BCUT2D eigenvalue weighted by Gasteiger charge is -2.39. The van der Waals surface area contributed by atoms with E-state index in [0.717, 1.165) is 21.2 Å². The van der Waals surface area contributed by atoms with Crippen LogP contribution in [-0.4, -0.2) is 72.3 Å². The van der Waals surface area contributed by atoms with E-state index in [2.05, 4.69) is 36.6 Å². The molecule has 1 fully saturated rings. The van der Waals surface area contributed by atoms with Gasteiger partial charge in [0.1, 0.15) is 12.1 Å². The summed E-state index contributed by atoms with van der Waals surface area (Å²) in [7, 11) is 3.57. The fraction of sp³-hybridized carbons (Fsp3) is 0.387. The molecule has 0 saturated carbocycles. The van der Waals surface area contributed by atoms with Crippen LogP contribution in [0.3, 0.4) is 0 Å². The fourth-order valence-corrected chi connectivity index (χ4v) is 5.54. The van der Waals surface area contributed by atoms with E-state index in [1.807, 2.05) is 61.0 Å². The predicted molar refractivity (Wildman–Crippen MR) is 158 cm³/mol. The van der Waals surface area contributed by atoms with Gasteiger partial charge in [0.2, 0.25) is 17.7 Å². The molecule has 8 heteroatoms. The molecule has 0 aliphatic carbocycles. The van der Waals surface area contributed by atoms with Crippen LogP contribution in [0, 0.1) is 0 Å². The first-order valence-electron chi connectivity index (χ1n) is 13.4. The number of benzene rings is 2. The van der Waals surface area contributed by atoms with Crippen LogP contribution in [0.25, 0.3) is 10.8 Å². The van der Waals surface area contributed by atoms with Crippen LogP contribution in [-0.2, 0) is 27.2 Å². The second-order valence-electron chi connectivity index (χ2n) is 10.7. The molecule has 0 spiro atoms. The number of likely N-dealkylation sites (N-methyl/N-ethyl adjacent to an activating group) is 1. The number of thiophene rings is 1. The van der Waals surface area contributed by atoms with Crippen molar-refractivity contribution >= 4 is 39.8 Å². The molecule has 206 valence electrons. The molecule has 1 aliphatic rings. The van der Waals surface area contributed by atoms with Gasteiger partial charge in [0.05, 0.1) is 0 Å². The first-order valence-corrected chi connectivity index (χ1v) is 14.3. The van der Waals surface area contributed by atoms with Gasteiger partial charge in [0.15, 0.2) is 0 Å². The highest BCUT2D eigenvalue weighted by Crippen LogP contribution is 2.22. The summed E-state index contributed by atoms with van der Waals surface area (Å²) in [5.41, 5.74) is 0.814. The second-order valence-corrected chi connectivity index (χ2v) is 11.7. The van der Waals surface area contributed by atoms with Gasteiger partial charge in [0.25, 0.3) is 0 Å². The third-order valence-corrected chi connectivity index (χ3v) is 8.40. The maximum atomic E-state index is 14.2. The lowest BCUT2D eigenvalue weighted by Crippen LogP contribution is -2.62. The van der Waals surface area contributed by atoms with Crippen molar-refractivity contribution in [3.63, 3.8) is 0 Å². The van der Waals surface area contributed by atoms with Gasteiger partial charge in [0, 0.05) is 43.4 Å². The molecule has 4 rings (SSSR count). The third-order valence-electron chi connectivity index (χ3n) is 7.50. The largest absolute Gasteiger partial charge is 0.353 e. The minimum Gasteiger partial charge on any atom is -0.353 e. The molecule has 7 nitrogen and oxygen atoms in total. The van der Waals surface area contributed by atoms with Crippen LogP contribution in [0.2, 0.25) is 0 Å². The lowest BCUT2D eigenvalue weighted by atomic mass is 9.98. The van der Waals surface area contributed by atoms with Crippen LogP contribution in [0.4, 0.5) is 0 Å². The molecule has 39 heavy (non-hydrogen) atoms. The zero-order chi connectivity index (χ0) is 28.0. The van der Waals surface area contributed by atoms with Gasteiger partial charge < -0.3 is 20.4 Å². The van der Waals surface area contributed by atoms with Gasteiger partial charge in [-0.15, -0.1) is 11.3 Å². The number of amides is 3. The maximum absolute atomic E-state index is 14.2. The Balaban J connectivity index is 1.62. The standard InChI is InChI=1S/C31H38N4O3S/c1-31(2,32-3)15-7-12-28(36)34(4)27(20-22-13-14-23-9-5-6-10-24(23)19-22)30(38)35-17-16-33-29(37)26(35)21-25-11-8-18-39-25/h5-14,18-19,26-27,32H,15-17,20-21H2,1-4H3,(H,33,37)/b12-7+/t26-,27-/m1/s1. The van der Waals surface area contributed by atoms with E-state index < -0.39 is 12.1 Å². The zero-order valence-electron chi connectivity index (χ0n) is 23.1. The third kappa shape index (κ3) is 7.13. The number of hydrogen-bond donors (Lipinski definition) is 2. The summed E-state index contributed by atoms with van der Waals surface area (Å²) >= 11 is 1.57. The molecule has 1 saturated heterocycles. The normalized spacial score (nSPS) is 16.9. The van der Waals surface area contributed by atoms with E-state index in [-0.39, 0.29) is 23.3 Å². The van der Waals surface area contributed by atoms with Crippen molar-refractivity contribution < 1.29 is 14.4 Å². The first-order chi connectivity index (χ1) is 18.7. The van der Waals surface area contributed by atoms with Gasteiger partial charge in [-0.05, 0) is 61.2 Å². The smallest absolute Gasteiger partial charge is 0.246 e. The van der Waals surface area contributed by atoms with E-state index in [9.17, 15) is 14.4 Å². The lowest BCUT2D eigenvalue weighted by molar-refractivity contribution is -0.149. The Bertz CT molecular complexity index is 1330. The average Bonchev–Trinajstić information content (AvgIpc) is 3.45. The molecule has 2 aromatic carbocycles. The average molecular weight is 547 g/mol. The summed E-state index contributed by atoms with van der Waals surface area (Å²) in [6.45, 7) is 4.92. The van der Waals surface area contributed by atoms with Crippen LogP contribution in [0.15, 0.2) is 72.1 Å². The van der Waals surface area contributed by atoms with Gasteiger partial charge in [-0.2, -0.15) is 0 Å². The molecule has 0 bridgehead atoms. The Morgan fingerprint density at radius 2 is 1.95 bits per heavy atom. The number of carbonyl (C=O) groups is 3. The highest BCUT2D eigenvalue weighted by molar-refractivity contribution is 7.09. The molecule has 2 heterocycles. The van der Waals surface area contributed by atoms with Crippen molar-refractivity contribution in [3.05, 3.63) is 82.6 Å². The fourth-order valence-electron chi connectivity index (χ4n) is 4.80. The molecule has 3 amide bonds. The summed E-state index contributed by atoms with van der Waals surface area (Å²) in [5, 5.41) is 10.3. The topological polar surface area (TPSA) is 81.8 Å². The molecule has 1 aromatic heterocycles. The number of nitrogens with zero attached hydrogens (tertiary/aromatic N) is 2. The molecule has 2 atom stereocenters. The Morgan fingerprint density at radius 3 is 2.67 bits per heavy atom. The Morgan fingerprint density at radius 1 is 1.18 bits per heavy atom. The van der Waals surface area contributed by atoms with E-state index in [1.54, 1.807) is 29.4 Å². The number of rotatable bonds is 10. The Hall–Kier alpha value is -3.49. The van der Waals surface area contributed by atoms with Gasteiger partial charge in [-0.3, -0.25) is 14.4 Å². The number of piperazine rings is 1. The quantitative estimate of drug-likeness (QED) is 0.379. The summed E-state index contributed by atoms with van der Waals surface area (Å²) in [6, 6.07) is 16.8. The Labute approximate surface area is 234 Å². The molecule has 1 aliphatic heterocycles. The van der Waals surface area contributed by atoms with Crippen molar-refractivity contribution in [2.45, 2.75) is 50.7 Å². The Kier molecular flexibility index (Phi) is 9.20. The predicted octanol–water partition coefficient (Wildman–Crippen LogP) is 3.78. The van der Waals surface area contributed by atoms with Crippen molar-refractivity contribution in [2.75, 3.05) is 27.2 Å². The highest BCUT2D eigenvalue weighted by Gasteiger charge is 2.38. The van der Waals surface area contributed by atoms with Crippen molar-refractivity contribution in [1.29, 1.82) is 0 Å². The van der Waals surface area contributed by atoms with Crippen LogP contribution < -0.4 is 10.6 Å². The number of fused-ring (bicyclic) bond motifs is 1. The monoisotopic (exact) mass is 546 g/mol. The minimum atomic E-state index is -0.752.